The van der Waals surface area contributed by atoms with E-state index < -0.39 is 0 Å². The molecule has 0 aliphatic heterocycles. The van der Waals surface area contributed by atoms with Gasteiger partial charge in [0.25, 0.3) is 0 Å². The normalized spacial score (nSPS) is 20.7. The van der Waals surface area contributed by atoms with Crippen LogP contribution in [0.4, 0.5) is 5.82 Å². The Bertz CT molecular complexity index is 756. The summed E-state index contributed by atoms with van der Waals surface area (Å²) in [6.07, 6.45) is 5.17. The second-order valence-corrected chi connectivity index (χ2v) is 7.05. The van der Waals surface area contributed by atoms with E-state index in [2.05, 4.69) is 31.6 Å². The Hall–Kier alpha value is -2.13. The predicted octanol–water partition coefficient (Wildman–Crippen LogP) is 3.21. The summed E-state index contributed by atoms with van der Waals surface area (Å²) in [4.78, 5) is 8.77. The number of nitriles is 1. The van der Waals surface area contributed by atoms with Gasteiger partial charge in [-0.15, -0.1) is 0 Å². The summed E-state index contributed by atoms with van der Waals surface area (Å²) < 4.78 is 5.79. The van der Waals surface area contributed by atoms with Crippen LogP contribution in [0.25, 0.3) is 10.8 Å². The van der Waals surface area contributed by atoms with E-state index >= 15 is 0 Å². The lowest BCUT2D eigenvalue weighted by molar-refractivity contribution is 0.236. The number of nitrogens with zero attached hydrogens (tertiary/aromatic N) is 3. The van der Waals surface area contributed by atoms with Crippen LogP contribution in [-0.4, -0.2) is 32.4 Å². The molecule has 0 saturated heterocycles. The van der Waals surface area contributed by atoms with Crippen molar-refractivity contribution in [3.8, 4) is 11.9 Å². The van der Waals surface area contributed by atoms with E-state index in [9.17, 15) is 0 Å². The first kappa shape index (κ1) is 15.8. The standard InChI is InChI=1S/C17H19N4OSi/c1-10(2)22-17-15-7-16(20-12-3-4-14(23)6-12)19-9-11(15)5-13(8-18)21-17/h5,7,9-10,12,14H,3-4,6H2,1-2H3,(H,19,20)/t12?,14-/m0/s1. The molecule has 1 unspecified atom stereocenters. The van der Waals surface area contributed by atoms with Crippen LogP contribution in [0.15, 0.2) is 18.3 Å². The van der Waals surface area contributed by atoms with Crippen molar-refractivity contribution in [3.63, 3.8) is 0 Å². The molecular formula is C17H19N4OSi. The molecule has 0 aromatic carbocycles. The molecule has 0 spiro atoms. The van der Waals surface area contributed by atoms with Crippen molar-refractivity contribution in [2.45, 2.75) is 50.8 Å². The molecule has 2 heterocycles. The summed E-state index contributed by atoms with van der Waals surface area (Å²) in [5.74, 6) is 1.31. The number of anilines is 1. The Morgan fingerprint density at radius 2 is 2.22 bits per heavy atom. The first-order valence-electron chi connectivity index (χ1n) is 7.90. The van der Waals surface area contributed by atoms with E-state index in [0.29, 0.717) is 23.2 Å². The highest BCUT2D eigenvalue weighted by molar-refractivity contribution is 6.11. The van der Waals surface area contributed by atoms with Crippen molar-refractivity contribution in [1.82, 2.24) is 9.97 Å². The van der Waals surface area contributed by atoms with Crippen LogP contribution in [0, 0.1) is 11.3 Å². The lowest BCUT2D eigenvalue weighted by Crippen LogP contribution is -2.16. The second-order valence-electron chi connectivity index (χ2n) is 6.23. The molecule has 2 atom stereocenters. The van der Waals surface area contributed by atoms with Crippen LogP contribution in [0.3, 0.4) is 0 Å². The largest absolute Gasteiger partial charge is 0.474 e. The molecule has 1 aliphatic carbocycles. The minimum absolute atomic E-state index is 0.00652. The molecule has 1 fully saturated rings. The number of fused-ring (bicyclic) bond motifs is 1. The highest BCUT2D eigenvalue weighted by Crippen LogP contribution is 2.31. The Kier molecular flexibility index (Phi) is 4.48. The molecule has 1 saturated carbocycles. The summed E-state index contributed by atoms with van der Waals surface area (Å²) in [7, 11) is 3.72. The van der Waals surface area contributed by atoms with Crippen molar-refractivity contribution in [1.29, 1.82) is 5.26 Å². The SMILES string of the molecule is CC(C)Oc1nc(C#N)cc2cnc(NC3CC[C@H]([Si])C3)cc12. The lowest BCUT2D eigenvalue weighted by Gasteiger charge is -2.15. The zero-order chi connectivity index (χ0) is 16.4. The third kappa shape index (κ3) is 3.62. The number of pyridine rings is 2. The van der Waals surface area contributed by atoms with Crippen molar-refractivity contribution in [3.05, 3.63) is 24.0 Å². The maximum Gasteiger partial charge on any atom is 0.223 e. The van der Waals surface area contributed by atoms with E-state index in [1.165, 1.54) is 6.42 Å². The second kappa shape index (κ2) is 6.55. The first-order chi connectivity index (χ1) is 11.0. The van der Waals surface area contributed by atoms with Gasteiger partial charge in [0.05, 0.1) is 6.10 Å². The number of aromatic nitrogens is 2. The fourth-order valence-corrected chi connectivity index (χ4v) is 3.34. The van der Waals surface area contributed by atoms with Crippen LogP contribution in [0.2, 0.25) is 5.54 Å². The molecular weight excluding hydrogens is 304 g/mol. The topological polar surface area (TPSA) is 70.8 Å². The van der Waals surface area contributed by atoms with E-state index in [-0.39, 0.29) is 6.10 Å². The quantitative estimate of drug-likeness (QED) is 0.875. The van der Waals surface area contributed by atoms with E-state index in [1.807, 2.05) is 19.9 Å². The van der Waals surface area contributed by atoms with Gasteiger partial charge in [-0.1, -0.05) is 12.0 Å². The molecule has 2 aromatic rings. The molecule has 1 aliphatic rings. The summed E-state index contributed by atoms with van der Waals surface area (Å²) in [5.41, 5.74) is 0.918. The van der Waals surface area contributed by atoms with Crippen LogP contribution in [-0.2, 0) is 0 Å². The van der Waals surface area contributed by atoms with Gasteiger partial charge in [-0.2, -0.15) is 5.26 Å². The number of hydrogen-bond acceptors (Lipinski definition) is 5. The molecule has 23 heavy (non-hydrogen) atoms. The maximum atomic E-state index is 9.12. The van der Waals surface area contributed by atoms with Crippen LogP contribution in [0.1, 0.15) is 38.8 Å². The average Bonchev–Trinajstić information content (AvgIpc) is 2.92. The van der Waals surface area contributed by atoms with Gasteiger partial charge >= 0.3 is 0 Å². The molecule has 5 nitrogen and oxygen atoms in total. The minimum Gasteiger partial charge on any atom is -0.474 e. The zero-order valence-electron chi connectivity index (χ0n) is 13.3. The van der Waals surface area contributed by atoms with Gasteiger partial charge in [-0.25, -0.2) is 9.97 Å². The molecule has 3 radical (unpaired) electrons. The summed E-state index contributed by atoms with van der Waals surface area (Å²) >= 11 is 0. The molecule has 2 aromatic heterocycles. The van der Waals surface area contributed by atoms with Crippen LogP contribution in [0.5, 0.6) is 5.88 Å². The number of rotatable bonds is 4. The van der Waals surface area contributed by atoms with Crippen LogP contribution < -0.4 is 10.1 Å². The van der Waals surface area contributed by atoms with E-state index in [4.69, 9.17) is 10.00 Å². The van der Waals surface area contributed by atoms with Crippen molar-refractivity contribution in [2.75, 3.05) is 5.32 Å². The van der Waals surface area contributed by atoms with Gasteiger partial charge in [-0.3, -0.25) is 0 Å². The van der Waals surface area contributed by atoms with Crippen molar-refractivity contribution in [2.24, 2.45) is 0 Å². The third-order valence-electron chi connectivity index (χ3n) is 3.93. The lowest BCUT2D eigenvalue weighted by atomic mass is 10.2. The monoisotopic (exact) mass is 323 g/mol. The van der Waals surface area contributed by atoms with Gasteiger partial charge in [0.1, 0.15) is 17.6 Å². The Morgan fingerprint density at radius 3 is 2.87 bits per heavy atom. The molecule has 3 rings (SSSR count). The first-order valence-corrected chi connectivity index (χ1v) is 8.48. The average molecular weight is 323 g/mol. The van der Waals surface area contributed by atoms with Gasteiger partial charge in [-0.05, 0) is 38.8 Å². The molecule has 1 N–H and O–H groups in total. The van der Waals surface area contributed by atoms with Gasteiger partial charge < -0.3 is 10.1 Å². The molecule has 6 heteroatoms. The van der Waals surface area contributed by atoms with Gasteiger partial charge in [0.2, 0.25) is 5.88 Å². The smallest absolute Gasteiger partial charge is 0.223 e. The van der Waals surface area contributed by atoms with E-state index in [0.717, 1.165) is 29.4 Å². The van der Waals surface area contributed by atoms with Crippen LogP contribution >= 0.6 is 0 Å². The minimum atomic E-state index is -0.00652. The van der Waals surface area contributed by atoms with Crippen molar-refractivity contribution < 1.29 is 4.74 Å². The Morgan fingerprint density at radius 1 is 1.39 bits per heavy atom. The Balaban J connectivity index is 1.95. The molecule has 0 bridgehead atoms. The summed E-state index contributed by atoms with van der Waals surface area (Å²) in [6.45, 7) is 3.89. The molecule has 117 valence electrons. The maximum absolute atomic E-state index is 9.12. The summed E-state index contributed by atoms with van der Waals surface area (Å²) in [6, 6.07) is 6.20. The van der Waals surface area contributed by atoms with Gasteiger partial charge in [0, 0.05) is 33.3 Å². The highest BCUT2D eigenvalue weighted by Gasteiger charge is 2.21. The fraction of sp³-hybridized carbons (Fsp3) is 0.471. The number of ether oxygens (including phenoxy) is 1. The Labute approximate surface area is 139 Å². The summed E-state index contributed by atoms with van der Waals surface area (Å²) in [5, 5.41) is 14.3. The van der Waals surface area contributed by atoms with Gasteiger partial charge in [0.15, 0.2) is 0 Å². The zero-order valence-corrected chi connectivity index (χ0v) is 14.3. The number of hydrogen-bond donors (Lipinski definition) is 1. The van der Waals surface area contributed by atoms with E-state index in [1.54, 1.807) is 12.3 Å². The third-order valence-corrected chi connectivity index (χ3v) is 4.45. The molecule has 0 amide bonds. The number of nitrogens with one attached hydrogen (secondary N) is 1. The predicted molar refractivity (Wildman–Crippen MR) is 90.8 cm³/mol. The van der Waals surface area contributed by atoms with Crippen molar-refractivity contribution >= 4 is 26.8 Å². The fourth-order valence-electron chi connectivity index (χ4n) is 2.89. The highest BCUT2D eigenvalue weighted by atomic mass is 28.1.